The molecule has 2 N–H and O–H groups in total. The molecule has 0 radical (unpaired) electrons. The lowest BCUT2D eigenvalue weighted by atomic mass is 10.1. The number of methoxy groups -OCH3 is 2. The van der Waals surface area contributed by atoms with Crippen LogP contribution in [-0.2, 0) is 25.6 Å². The van der Waals surface area contributed by atoms with Crippen molar-refractivity contribution >= 4 is 22.6 Å². The molecular formula is C17H22N4O5. The van der Waals surface area contributed by atoms with Crippen LogP contribution in [0.4, 0.5) is 0 Å². The number of aromatic nitrogens is 2. The smallest absolute Gasteiger partial charge is 0.312 e. The van der Waals surface area contributed by atoms with E-state index in [1.54, 1.807) is 24.3 Å². The fourth-order valence-electron chi connectivity index (χ4n) is 2.41. The number of nitrogens with one attached hydrogen (secondary N) is 2. The Morgan fingerprint density at radius 3 is 2.35 bits per heavy atom. The number of hydrogen-bond donors (Lipinski definition) is 2. The summed E-state index contributed by atoms with van der Waals surface area (Å²) in [6.07, 6.45) is 0. The summed E-state index contributed by atoms with van der Waals surface area (Å²) in [5.41, 5.74) is 0.166. The van der Waals surface area contributed by atoms with E-state index in [2.05, 4.69) is 15.5 Å². The highest BCUT2D eigenvalue weighted by atomic mass is 16.5. The molecule has 2 aromatic rings. The number of amides is 2. The third-order valence-electron chi connectivity index (χ3n) is 3.80. The molecule has 0 atom stereocenters. The number of carbonyl (C=O) groups is 2. The Labute approximate surface area is 150 Å². The van der Waals surface area contributed by atoms with Crippen molar-refractivity contribution in [2.75, 3.05) is 40.5 Å². The van der Waals surface area contributed by atoms with Gasteiger partial charge in [0.05, 0.1) is 30.8 Å². The maximum atomic E-state index is 12.3. The zero-order chi connectivity index (χ0) is 18.9. The fraction of sp³-hybridized carbons (Fsp3) is 0.412. The largest absolute Gasteiger partial charge is 0.383 e. The van der Waals surface area contributed by atoms with E-state index in [9.17, 15) is 14.4 Å². The second-order valence-corrected chi connectivity index (χ2v) is 5.51. The Hall–Kier alpha value is -2.78. The van der Waals surface area contributed by atoms with Crippen molar-refractivity contribution in [1.82, 2.24) is 20.4 Å². The van der Waals surface area contributed by atoms with Crippen LogP contribution in [0.25, 0.3) is 10.8 Å². The Morgan fingerprint density at radius 1 is 1.12 bits per heavy atom. The van der Waals surface area contributed by atoms with Crippen molar-refractivity contribution in [3.8, 4) is 0 Å². The quantitative estimate of drug-likeness (QED) is 0.621. The van der Waals surface area contributed by atoms with E-state index in [0.29, 0.717) is 29.7 Å². The first kappa shape index (κ1) is 19.5. The molecule has 0 fully saturated rings. The van der Waals surface area contributed by atoms with Crippen LogP contribution in [0.1, 0.15) is 5.69 Å². The highest BCUT2D eigenvalue weighted by Gasteiger charge is 2.21. The molecule has 9 nitrogen and oxygen atoms in total. The molecule has 0 saturated carbocycles. The van der Waals surface area contributed by atoms with Crippen molar-refractivity contribution in [3.63, 3.8) is 0 Å². The molecule has 140 valence electrons. The minimum absolute atomic E-state index is 0.0181. The summed E-state index contributed by atoms with van der Waals surface area (Å²) in [7, 11) is 3.04. The summed E-state index contributed by atoms with van der Waals surface area (Å²) in [6, 6.07) is 6.93. The first-order valence-corrected chi connectivity index (χ1v) is 8.09. The van der Waals surface area contributed by atoms with Gasteiger partial charge >= 0.3 is 11.8 Å². The van der Waals surface area contributed by atoms with Crippen LogP contribution in [0.2, 0.25) is 0 Å². The van der Waals surface area contributed by atoms with Crippen LogP contribution >= 0.6 is 0 Å². The summed E-state index contributed by atoms with van der Waals surface area (Å²) in [6.45, 7) is 1.21. The fourth-order valence-corrected chi connectivity index (χ4v) is 2.41. The van der Waals surface area contributed by atoms with Gasteiger partial charge in [-0.05, 0) is 6.07 Å². The number of fused-ring (bicyclic) bond motifs is 1. The van der Waals surface area contributed by atoms with Crippen LogP contribution in [-0.4, -0.2) is 67.4 Å². The number of benzene rings is 1. The lowest BCUT2D eigenvalue weighted by Gasteiger charge is -2.21. The zero-order valence-electron chi connectivity index (χ0n) is 14.8. The minimum Gasteiger partial charge on any atom is -0.383 e. The predicted molar refractivity (Wildman–Crippen MR) is 94.5 cm³/mol. The van der Waals surface area contributed by atoms with Crippen LogP contribution in [0.5, 0.6) is 0 Å². The van der Waals surface area contributed by atoms with Crippen molar-refractivity contribution in [2.45, 2.75) is 6.54 Å². The van der Waals surface area contributed by atoms with E-state index in [1.165, 1.54) is 19.1 Å². The monoisotopic (exact) mass is 362 g/mol. The van der Waals surface area contributed by atoms with Gasteiger partial charge in [-0.15, -0.1) is 0 Å². The van der Waals surface area contributed by atoms with E-state index in [1.807, 2.05) is 0 Å². The maximum Gasteiger partial charge on any atom is 0.312 e. The molecule has 9 heteroatoms. The molecule has 26 heavy (non-hydrogen) atoms. The van der Waals surface area contributed by atoms with Crippen molar-refractivity contribution in [1.29, 1.82) is 0 Å². The molecule has 1 aromatic heterocycles. The third kappa shape index (κ3) is 4.87. The van der Waals surface area contributed by atoms with Gasteiger partial charge < -0.3 is 19.7 Å². The Kier molecular flexibility index (Phi) is 7.24. The van der Waals surface area contributed by atoms with Crippen molar-refractivity contribution < 1.29 is 19.1 Å². The van der Waals surface area contributed by atoms with Crippen LogP contribution in [0.3, 0.4) is 0 Å². The first-order valence-electron chi connectivity index (χ1n) is 8.09. The second-order valence-electron chi connectivity index (χ2n) is 5.51. The summed E-state index contributed by atoms with van der Waals surface area (Å²) in [5.74, 6) is -1.43. The Bertz CT molecular complexity index is 812. The zero-order valence-corrected chi connectivity index (χ0v) is 14.8. The lowest BCUT2D eigenvalue weighted by Crippen LogP contribution is -2.45. The SMILES string of the molecule is COCCN(CCOC)C(=O)C(=O)NCc1n[nH]c(=O)c2ccccc12. The van der Waals surface area contributed by atoms with Gasteiger partial charge in [0, 0.05) is 32.7 Å². The van der Waals surface area contributed by atoms with Crippen molar-refractivity contribution in [2.24, 2.45) is 0 Å². The topological polar surface area (TPSA) is 114 Å². The van der Waals surface area contributed by atoms with Gasteiger partial charge in [0.25, 0.3) is 5.56 Å². The Balaban J connectivity index is 2.06. The van der Waals surface area contributed by atoms with Gasteiger partial charge in [-0.1, -0.05) is 18.2 Å². The van der Waals surface area contributed by atoms with Crippen LogP contribution in [0, 0.1) is 0 Å². The van der Waals surface area contributed by atoms with Crippen LogP contribution < -0.4 is 10.9 Å². The van der Waals surface area contributed by atoms with Crippen LogP contribution in [0.15, 0.2) is 29.1 Å². The third-order valence-corrected chi connectivity index (χ3v) is 3.80. The molecule has 0 aliphatic carbocycles. The number of aromatic amines is 1. The molecule has 0 unspecified atom stereocenters. The molecule has 1 heterocycles. The highest BCUT2D eigenvalue weighted by Crippen LogP contribution is 2.11. The average Bonchev–Trinajstić information content (AvgIpc) is 2.67. The normalized spacial score (nSPS) is 10.7. The van der Waals surface area contributed by atoms with E-state index in [4.69, 9.17) is 9.47 Å². The second kappa shape index (κ2) is 9.64. The van der Waals surface area contributed by atoms with Gasteiger partial charge in [0.1, 0.15) is 0 Å². The predicted octanol–water partition coefficient (Wildman–Crippen LogP) is -0.339. The van der Waals surface area contributed by atoms with E-state index in [-0.39, 0.29) is 25.2 Å². The lowest BCUT2D eigenvalue weighted by molar-refractivity contribution is -0.146. The van der Waals surface area contributed by atoms with Crippen molar-refractivity contribution in [3.05, 3.63) is 40.3 Å². The summed E-state index contributed by atoms with van der Waals surface area (Å²) >= 11 is 0. The first-order chi connectivity index (χ1) is 12.6. The molecule has 0 saturated heterocycles. The summed E-state index contributed by atoms with van der Waals surface area (Å²) < 4.78 is 9.92. The van der Waals surface area contributed by atoms with E-state index >= 15 is 0 Å². The van der Waals surface area contributed by atoms with Gasteiger partial charge in [-0.2, -0.15) is 5.10 Å². The number of hydrogen-bond acceptors (Lipinski definition) is 6. The van der Waals surface area contributed by atoms with E-state index in [0.717, 1.165) is 0 Å². The molecule has 0 aliphatic heterocycles. The number of ether oxygens (including phenoxy) is 2. The summed E-state index contributed by atoms with van der Waals surface area (Å²) in [4.78, 5) is 37.7. The van der Waals surface area contributed by atoms with E-state index < -0.39 is 11.8 Å². The number of H-pyrrole nitrogens is 1. The standard InChI is InChI=1S/C17H22N4O5/c1-25-9-7-21(8-10-26-2)17(24)16(23)18-11-14-12-5-3-4-6-13(12)15(22)20-19-14/h3-6H,7-11H2,1-2H3,(H,18,23)(H,20,22). The minimum atomic E-state index is -0.755. The molecular weight excluding hydrogens is 340 g/mol. The number of rotatable bonds is 8. The number of carbonyl (C=O) groups excluding carboxylic acids is 2. The Morgan fingerprint density at radius 2 is 1.73 bits per heavy atom. The molecule has 0 aliphatic rings. The molecule has 1 aromatic carbocycles. The molecule has 0 spiro atoms. The van der Waals surface area contributed by atoms with Gasteiger partial charge in [-0.25, -0.2) is 5.10 Å². The van der Waals surface area contributed by atoms with Gasteiger partial charge in [0.15, 0.2) is 0 Å². The number of nitrogens with zero attached hydrogens (tertiary/aromatic N) is 2. The maximum absolute atomic E-state index is 12.3. The molecule has 2 amide bonds. The molecule has 0 bridgehead atoms. The van der Waals surface area contributed by atoms with Gasteiger partial charge in [0.2, 0.25) is 0 Å². The highest BCUT2D eigenvalue weighted by molar-refractivity contribution is 6.35. The summed E-state index contributed by atoms with van der Waals surface area (Å²) in [5, 5.41) is 10.00. The molecule has 2 rings (SSSR count). The van der Waals surface area contributed by atoms with Gasteiger partial charge in [-0.3, -0.25) is 14.4 Å². The average molecular weight is 362 g/mol.